The van der Waals surface area contributed by atoms with Gasteiger partial charge in [0.15, 0.2) is 0 Å². The van der Waals surface area contributed by atoms with Crippen LogP contribution in [0.5, 0.6) is 5.75 Å². The molecule has 0 aromatic heterocycles. The molecule has 4 aromatic carbocycles. The molecule has 1 saturated heterocycles. The number of amides is 4. The largest absolute Gasteiger partial charge is 0.488 e. The first-order chi connectivity index (χ1) is 18.4. The van der Waals surface area contributed by atoms with Crippen LogP contribution in [0.4, 0.5) is 10.5 Å². The first kappa shape index (κ1) is 25.0. The lowest BCUT2D eigenvalue weighted by molar-refractivity contribution is -0.127. The normalized spacial score (nSPS) is 14.2. The van der Waals surface area contributed by atoms with Crippen LogP contribution in [-0.4, -0.2) is 29.3 Å². The molecule has 1 heterocycles. The summed E-state index contributed by atoms with van der Waals surface area (Å²) in [5.41, 5.74) is 3.07. The molecule has 1 aliphatic heterocycles. The molecule has 4 aromatic rings. The Balaban J connectivity index is 1.41. The third kappa shape index (κ3) is 5.38. The van der Waals surface area contributed by atoms with Crippen molar-refractivity contribution >= 4 is 52.0 Å². The number of hydrogen-bond acceptors (Lipinski definition) is 4. The Kier molecular flexibility index (Phi) is 7.11. The predicted molar refractivity (Wildman–Crippen MR) is 148 cm³/mol. The van der Waals surface area contributed by atoms with Crippen LogP contribution in [-0.2, 0) is 16.2 Å². The summed E-state index contributed by atoms with van der Waals surface area (Å²) in [7, 11) is 0. The van der Waals surface area contributed by atoms with E-state index < -0.39 is 24.4 Å². The molecule has 0 aliphatic carbocycles. The highest BCUT2D eigenvalue weighted by Gasteiger charge is 2.35. The van der Waals surface area contributed by atoms with Crippen LogP contribution in [0.3, 0.4) is 0 Å². The molecule has 2 N–H and O–H groups in total. The Bertz CT molecular complexity index is 1600. The third-order valence-electron chi connectivity index (χ3n) is 6.13. The molecule has 0 saturated carbocycles. The van der Waals surface area contributed by atoms with E-state index in [-0.39, 0.29) is 12.3 Å². The van der Waals surface area contributed by atoms with E-state index >= 15 is 0 Å². The van der Waals surface area contributed by atoms with Crippen LogP contribution in [0.2, 0.25) is 5.02 Å². The number of carbonyl (C=O) groups excluding carboxylic acids is 3. The molecule has 7 nitrogen and oxygen atoms in total. The lowest BCUT2D eigenvalue weighted by Gasteiger charge is -2.14. The third-order valence-corrected chi connectivity index (χ3v) is 6.49. The van der Waals surface area contributed by atoms with E-state index in [1.54, 1.807) is 24.3 Å². The summed E-state index contributed by atoms with van der Waals surface area (Å²) < 4.78 is 6.12. The van der Waals surface area contributed by atoms with Gasteiger partial charge in [0.1, 0.15) is 24.6 Å². The summed E-state index contributed by atoms with van der Waals surface area (Å²) in [6, 6.07) is 25.4. The van der Waals surface area contributed by atoms with Gasteiger partial charge < -0.3 is 15.4 Å². The van der Waals surface area contributed by atoms with Crippen LogP contribution in [0.25, 0.3) is 16.8 Å². The molecule has 0 radical (unpaired) electrons. The summed E-state index contributed by atoms with van der Waals surface area (Å²) >= 11 is 6.29. The molecule has 5 rings (SSSR count). The van der Waals surface area contributed by atoms with Crippen LogP contribution >= 0.6 is 11.6 Å². The number of fused-ring (bicyclic) bond motifs is 1. The Hall–Kier alpha value is -4.62. The summed E-state index contributed by atoms with van der Waals surface area (Å²) in [6.45, 7) is 1.71. The Morgan fingerprint density at radius 1 is 1.00 bits per heavy atom. The van der Waals surface area contributed by atoms with Crippen LogP contribution < -0.4 is 15.4 Å². The number of aryl methyl sites for hydroxylation is 1. The number of hydrogen-bond donors (Lipinski definition) is 2. The Morgan fingerprint density at radius 3 is 2.61 bits per heavy atom. The number of rotatable bonds is 7. The number of halogens is 1. The van der Waals surface area contributed by atoms with E-state index in [1.807, 2.05) is 73.7 Å². The summed E-state index contributed by atoms with van der Waals surface area (Å²) in [4.78, 5) is 39.3. The second kappa shape index (κ2) is 10.8. The van der Waals surface area contributed by atoms with Gasteiger partial charge in [-0.3, -0.25) is 9.59 Å². The van der Waals surface area contributed by atoms with Gasteiger partial charge >= 0.3 is 6.03 Å². The smallest absolute Gasteiger partial charge is 0.329 e. The number of nitrogens with one attached hydrogen (secondary N) is 2. The van der Waals surface area contributed by atoms with Gasteiger partial charge in [-0.05, 0) is 53.6 Å². The Labute approximate surface area is 224 Å². The summed E-state index contributed by atoms with van der Waals surface area (Å²) in [5.74, 6) is -0.553. The first-order valence-corrected chi connectivity index (χ1v) is 12.4. The number of ether oxygens (including phenoxy) is 1. The Morgan fingerprint density at radius 2 is 1.79 bits per heavy atom. The number of nitrogens with zero attached hydrogens (tertiary/aromatic N) is 1. The quantitative estimate of drug-likeness (QED) is 0.232. The number of imide groups is 1. The van der Waals surface area contributed by atoms with Crippen molar-refractivity contribution in [1.29, 1.82) is 0 Å². The topological polar surface area (TPSA) is 87.7 Å². The zero-order chi connectivity index (χ0) is 26.6. The van der Waals surface area contributed by atoms with Gasteiger partial charge in [-0.15, -0.1) is 0 Å². The van der Waals surface area contributed by atoms with Crippen molar-refractivity contribution < 1.29 is 19.1 Å². The number of carbonyl (C=O) groups is 3. The van der Waals surface area contributed by atoms with Gasteiger partial charge in [0.05, 0.1) is 0 Å². The van der Waals surface area contributed by atoms with Crippen molar-refractivity contribution in [3.63, 3.8) is 0 Å². The minimum Gasteiger partial charge on any atom is -0.488 e. The minimum atomic E-state index is -0.667. The predicted octanol–water partition coefficient (Wildman–Crippen LogP) is 5.91. The first-order valence-electron chi connectivity index (χ1n) is 12.0. The molecule has 0 bridgehead atoms. The number of anilines is 1. The molecule has 8 heteroatoms. The van der Waals surface area contributed by atoms with Gasteiger partial charge in [0.2, 0.25) is 5.91 Å². The average Bonchev–Trinajstić information content (AvgIpc) is 3.16. The highest BCUT2D eigenvalue weighted by atomic mass is 35.5. The highest BCUT2D eigenvalue weighted by molar-refractivity contribution is 6.31. The fraction of sp³-hybridized carbons (Fsp3) is 0.100. The van der Waals surface area contributed by atoms with Gasteiger partial charge in [-0.25, -0.2) is 9.69 Å². The minimum absolute atomic E-state index is 0.0531. The molecular weight excluding hydrogens is 502 g/mol. The van der Waals surface area contributed by atoms with Crippen molar-refractivity contribution in [1.82, 2.24) is 10.2 Å². The molecule has 0 atom stereocenters. The van der Waals surface area contributed by atoms with E-state index in [0.717, 1.165) is 26.8 Å². The van der Waals surface area contributed by atoms with Crippen LogP contribution in [0.15, 0.2) is 90.6 Å². The zero-order valence-electron chi connectivity index (χ0n) is 20.5. The molecule has 4 amide bonds. The maximum atomic E-state index is 13.2. The number of benzene rings is 4. The lowest BCUT2D eigenvalue weighted by atomic mass is 10.0. The van der Waals surface area contributed by atoms with Crippen molar-refractivity contribution in [3.05, 3.63) is 112 Å². The number of urea groups is 1. The monoisotopic (exact) mass is 525 g/mol. The van der Waals surface area contributed by atoms with Crippen LogP contribution in [0, 0.1) is 6.92 Å². The maximum absolute atomic E-state index is 13.2. The van der Waals surface area contributed by atoms with Crippen molar-refractivity contribution in [2.45, 2.75) is 13.5 Å². The van der Waals surface area contributed by atoms with E-state index in [1.165, 1.54) is 0 Å². The second-order valence-electron chi connectivity index (χ2n) is 8.88. The molecule has 190 valence electrons. The van der Waals surface area contributed by atoms with E-state index in [4.69, 9.17) is 16.3 Å². The van der Waals surface area contributed by atoms with Crippen LogP contribution in [0.1, 0.15) is 16.7 Å². The highest BCUT2D eigenvalue weighted by Crippen LogP contribution is 2.32. The summed E-state index contributed by atoms with van der Waals surface area (Å²) in [6.07, 6.45) is 1.59. The van der Waals surface area contributed by atoms with E-state index in [2.05, 4.69) is 10.6 Å². The average molecular weight is 526 g/mol. The van der Waals surface area contributed by atoms with Crippen molar-refractivity contribution in [3.8, 4) is 5.75 Å². The fourth-order valence-electron chi connectivity index (χ4n) is 4.25. The SMILES string of the molecule is Cc1cccc(NC(=O)CN2C(=O)N/C(=C/c3c(OCc4ccccc4Cl)ccc4ccccc34)C2=O)c1. The maximum Gasteiger partial charge on any atom is 0.329 e. The van der Waals surface area contributed by atoms with E-state index in [0.29, 0.717) is 22.0 Å². The van der Waals surface area contributed by atoms with Gasteiger partial charge in [-0.2, -0.15) is 0 Å². The lowest BCUT2D eigenvalue weighted by Crippen LogP contribution is -2.38. The van der Waals surface area contributed by atoms with Crippen molar-refractivity contribution in [2.75, 3.05) is 11.9 Å². The molecule has 1 fully saturated rings. The molecule has 1 aliphatic rings. The summed E-state index contributed by atoms with van der Waals surface area (Å²) in [5, 5.41) is 7.69. The zero-order valence-corrected chi connectivity index (χ0v) is 21.3. The fourth-order valence-corrected chi connectivity index (χ4v) is 4.44. The molecule has 0 spiro atoms. The van der Waals surface area contributed by atoms with E-state index in [9.17, 15) is 14.4 Å². The van der Waals surface area contributed by atoms with Gasteiger partial charge in [-0.1, -0.05) is 72.3 Å². The van der Waals surface area contributed by atoms with Crippen molar-refractivity contribution in [2.24, 2.45) is 0 Å². The standard InChI is InChI=1S/C30H24ClN3O4/c1-19-7-6-10-22(15-19)32-28(35)17-34-29(36)26(33-30(34)37)16-24-23-11-4-2-8-20(23)13-14-27(24)38-18-21-9-3-5-12-25(21)31/h2-16H,17-18H2,1H3,(H,32,35)(H,33,37)/b26-16+. The van der Waals surface area contributed by atoms with Gasteiger partial charge in [0.25, 0.3) is 5.91 Å². The van der Waals surface area contributed by atoms with Gasteiger partial charge in [0, 0.05) is 21.8 Å². The molecule has 38 heavy (non-hydrogen) atoms. The molecular formula is C30H24ClN3O4. The second-order valence-corrected chi connectivity index (χ2v) is 9.28. The molecule has 0 unspecified atom stereocenters.